The molecule has 272 valence electrons. The van der Waals surface area contributed by atoms with Gasteiger partial charge in [0.2, 0.25) is 0 Å². The zero-order valence-electron chi connectivity index (χ0n) is 32.1. The molecule has 1 aliphatic heterocycles. The van der Waals surface area contributed by atoms with Crippen LogP contribution in [0.3, 0.4) is 0 Å². The Morgan fingerprint density at radius 3 is 2.21 bits per heavy atom. The van der Waals surface area contributed by atoms with Gasteiger partial charge in [-0.25, -0.2) is 15.0 Å². The number of nitrogens with zero attached hydrogens (tertiary/aromatic N) is 5. The van der Waals surface area contributed by atoms with Crippen molar-refractivity contribution < 1.29 is 0 Å². The fourth-order valence-electron chi connectivity index (χ4n) is 9.14. The monoisotopic (exact) mass is 733 g/mol. The van der Waals surface area contributed by atoms with Crippen LogP contribution < -0.4 is 0 Å². The third kappa shape index (κ3) is 5.16. The van der Waals surface area contributed by atoms with E-state index >= 15 is 0 Å². The minimum atomic E-state index is -0.560. The van der Waals surface area contributed by atoms with Crippen LogP contribution in [0.25, 0.3) is 67.0 Å². The quantitative estimate of drug-likeness (QED) is 0.153. The first kappa shape index (κ1) is 34.3. The maximum Gasteiger partial charge on any atom is 0.164 e. The SMILES string of the molecule is C=C(/C=C(\C=C/C)c1nc(-c2ccccc2)nc(-c2ccc3c(c2)C2(C(C)=C3/C=C\C)c3ccccc3-n3c4ccccc4c4cccc2c43)n1)c1ccccn1. The summed E-state index contributed by atoms with van der Waals surface area (Å²) in [6.07, 6.45) is 12.2. The van der Waals surface area contributed by atoms with E-state index in [1.165, 1.54) is 60.9 Å². The molecule has 0 radical (unpaired) electrons. The van der Waals surface area contributed by atoms with Gasteiger partial charge in [-0.3, -0.25) is 4.98 Å². The predicted molar refractivity (Wildman–Crippen MR) is 235 cm³/mol. The zero-order chi connectivity index (χ0) is 38.7. The van der Waals surface area contributed by atoms with Crippen molar-refractivity contribution in [3.63, 3.8) is 0 Å². The molecule has 0 saturated heterocycles. The average Bonchev–Trinajstić information content (AvgIpc) is 3.73. The Kier molecular flexibility index (Phi) is 8.12. The standard InChI is InChI=1S/C52H39N5/c1-5-17-36(31-33(3)45-25-14-15-30-53-45)50-54-49(35-19-8-7-9-20-35)55-51(56-50)37-28-29-39-38(18-6-2)34(4)52(44(39)32-37)42-23-11-13-27-47(42)57-46-26-12-10-21-40(46)41-22-16-24-43(52)48(41)57/h5-32H,3H2,1-2,4H3/b17-5-,18-6-,36-31+. The Morgan fingerprint density at radius 2 is 1.40 bits per heavy atom. The van der Waals surface area contributed by atoms with Crippen LogP contribution in [0.4, 0.5) is 0 Å². The van der Waals surface area contributed by atoms with Gasteiger partial charge >= 0.3 is 0 Å². The molecule has 57 heavy (non-hydrogen) atoms. The molecular formula is C52H39N5. The summed E-state index contributed by atoms with van der Waals surface area (Å²) < 4.78 is 2.48. The van der Waals surface area contributed by atoms with E-state index in [1.807, 2.05) is 73.7 Å². The van der Waals surface area contributed by atoms with Crippen molar-refractivity contribution >= 4 is 38.5 Å². The molecule has 1 aliphatic carbocycles. The molecule has 0 N–H and O–H groups in total. The second kappa shape index (κ2) is 13.5. The van der Waals surface area contributed by atoms with Gasteiger partial charge in [0, 0.05) is 33.7 Å². The number of hydrogen-bond acceptors (Lipinski definition) is 4. The van der Waals surface area contributed by atoms with E-state index in [1.54, 1.807) is 6.20 Å². The van der Waals surface area contributed by atoms with Crippen molar-refractivity contribution in [3.8, 4) is 28.5 Å². The number of rotatable bonds is 7. The van der Waals surface area contributed by atoms with Crippen molar-refractivity contribution in [1.29, 1.82) is 0 Å². The summed E-state index contributed by atoms with van der Waals surface area (Å²) >= 11 is 0. The third-order valence-corrected chi connectivity index (χ3v) is 11.5. The molecule has 0 bridgehead atoms. The molecule has 5 nitrogen and oxygen atoms in total. The molecule has 2 aliphatic rings. The van der Waals surface area contributed by atoms with Gasteiger partial charge in [0.25, 0.3) is 0 Å². The lowest BCUT2D eigenvalue weighted by Crippen LogP contribution is -2.33. The topological polar surface area (TPSA) is 56.5 Å². The predicted octanol–water partition coefficient (Wildman–Crippen LogP) is 12.4. The lowest BCUT2D eigenvalue weighted by atomic mass is 9.65. The molecule has 1 atom stereocenters. The van der Waals surface area contributed by atoms with Crippen molar-refractivity contribution in [2.24, 2.45) is 0 Å². The normalized spacial score (nSPS) is 16.0. The molecule has 10 rings (SSSR count). The highest BCUT2D eigenvalue weighted by molar-refractivity contribution is 6.13. The summed E-state index contributed by atoms with van der Waals surface area (Å²) in [5.74, 6) is 1.76. The van der Waals surface area contributed by atoms with Gasteiger partial charge in [-0.15, -0.1) is 0 Å². The van der Waals surface area contributed by atoms with Crippen LogP contribution in [0.1, 0.15) is 54.5 Å². The van der Waals surface area contributed by atoms with Crippen LogP contribution in [-0.4, -0.2) is 24.5 Å². The van der Waals surface area contributed by atoms with E-state index in [4.69, 9.17) is 15.0 Å². The second-order valence-electron chi connectivity index (χ2n) is 14.6. The zero-order valence-corrected chi connectivity index (χ0v) is 32.1. The number of pyridine rings is 1. The lowest BCUT2D eigenvalue weighted by Gasteiger charge is -2.40. The molecule has 5 aromatic carbocycles. The second-order valence-corrected chi connectivity index (χ2v) is 14.6. The number of aromatic nitrogens is 5. The van der Waals surface area contributed by atoms with Crippen LogP contribution in [0.15, 0.2) is 182 Å². The maximum atomic E-state index is 5.24. The number of hydrogen-bond donors (Lipinski definition) is 0. The summed E-state index contributed by atoms with van der Waals surface area (Å²) in [5, 5.41) is 2.51. The Morgan fingerprint density at radius 1 is 0.667 bits per heavy atom. The van der Waals surface area contributed by atoms with E-state index < -0.39 is 5.41 Å². The molecule has 8 aromatic rings. The molecule has 1 unspecified atom stereocenters. The van der Waals surface area contributed by atoms with E-state index in [0.717, 1.165) is 28.0 Å². The first-order valence-electron chi connectivity index (χ1n) is 19.4. The third-order valence-electron chi connectivity index (χ3n) is 11.5. The fraction of sp³-hybridized carbons (Fsp3) is 0.0769. The number of fused-ring (bicyclic) bond motifs is 9. The highest BCUT2D eigenvalue weighted by Gasteiger charge is 2.50. The Hall–Kier alpha value is -7.24. The van der Waals surface area contributed by atoms with Gasteiger partial charge in [0.1, 0.15) is 0 Å². The van der Waals surface area contributed by atoms with Crippen molar-refractivity contribution in [3.05, 3.63) is 216 Å². The van der Waals surface area contributed by atoms with E-state index in [-0.39, 0.29) is 0 Å². The Bertz CT molecular complexity index is 3050. The van der Waals surface area contributed by atoms with Crippen molar-refractivity contribution in [2.75, 3.05) is 0 Å². The van der Waals surface area contributed by atoms with Crippen molar-refractivity contribution in [1.82, 2.24) is 24.5 Å². The summed E-state index contributed by atoms with van der Waals surface area (Å²) in [5.41, 5.74) is 14.8. The van der Waals surface area contributed by atoms with Gasteiger partial charge in [-0.05, 0) is 96.2 Å². The van der Waals surface area contributed by atoms with Gasteiger partial charge in [-0.2, -0.15) is 0 Å². The molecule has 3 aromatic heterocycles. The summed E-state index contributed by atoms with van der Waals surface area (Å²) in [6, 6.07) is 47.3. The van der Waals surface area contributed by atoms with Crippen LogP contribution in [0.2, 0.25) is 0 Å². The summed E-state index contributed by atoms with van der Waals surface area (Å²) in [7, 11) is 0. The molecule has 5 heteroatoms. The lowest BCUT2D eigenvalue weighted by molar-refractivity contribution is 0.726. The van der Waals surface area contributed by atoms with Gasteiger partial charge < -0.3 is 4.57 Å². The van der Waals surface area contributed by atoms with Crippen molar-refractivity contribution in [2.45, 2.75) is 26.2 Å². The largest absolute Gasteiger partial charge is 0.309 e. The molecular weight excluding hydrogens is 695 g/mol. The smallest absolute Gasteiger partial charge is 0.164 e. The van der Waals surface area contributed by atoms with E-state index in [2.05, 4.69) is 127 Å². The summed E-state index contributed by atoms with van der Waals surface area (Å²) in [4.78, 5) is 20.1. The minimum absolute atomic E-state index is 0.560. The highest BCUT2D eigenvalue weighted by atomic mass is 15.0. The average molecular weight is 734 g/mol. The molecule has 0 amide bonds. The minimum Gasteiger partial charge on any atom is -0.309 e. The van der Waals surface area contributed by atoms with Crippen LogP contribution in [-0.2, 0) is 5.41 Å². The highest BCUT2D eigenvalue weighted by Crippen LogP contribution is 2.60. The van der Waals surface area contributed by atoms with E-state index in [0.29, 0.717) is 17.5 Å². The molecule has 0 fully saturated rings. The van der Waals surface area contributed by atoms with Gasteiger partial charge in [-0.1, -0.05) is 134 Å². The fourth-order valence-corrected chi connectivity index (χ4v) is 9.14. The van der Waals surface area contributed by atoms with E-state index in [9.17, 15) is 0 Å². The Labute approximate surface area is 332 Å². The number of benzene rings is 5. The number of allylic oxidation sites excluding steroid dienone is 9. The van der Waals surface area contributed by atoms with Crippen LogP contribution in [0.5, 0.6) is 0 Å². The van der Waals surface area contributed by atoms with Gasteiger partial charge in [0.05, 0.1) is 27.8 Å². The van der Waals surface area contributed by atoms with Crippen LogP contribution in [0, 0.1) is 0 Å². The van der Waals surface area contributed by atoms with Crippen LogP contribution >= 0.6 is 0 Å². The Balaban J connectivity index is 1.25. The molecule has 4 heterocycles. The first-order chi connectivity index (χ1) is 28.0. The summed E-state index contributed by atoms with van der Waals surface area (Å²) in [6.45, 7) is 10.8. The first-order valence-corrected chi connectivity index (χ1v) is 19.4. The molecule has 0 saturated carbocycles. The van der Waals surface area contributed by atoms with Gasteiger partial charge in [0.15, 0.2) is 17.5 Å². The maximum absolute atomic E-state index is 5.24. The molecule has 1 spiro atoms. The number of para-hydroxylation sites is 3.